The average molecular weight is 187 g/mol. The molecule has 0 unspecified atom stereocenters. The van der Waals surface area contributed by atoms with Crippen LogP contribution < -0.4 is 0 Å². The van der Waals surface area contributed by atoms with Crippen molar-refractivity contribution in [1.29, 1.82) is 0 Å². The zero-order chi connectivity index (χ0) is 10.1. The molecule has 1 saturated carbocycles. The summed E-state index contributed by atoms with van der Waals surface area (Å²) in [4.78, 5) is 23.1. The predicted octanol–water partition coefficient (Wildman–Crippen LogP) is 0.692. The summed E-state index contributed by atoms with van der Waals surface area (Å²) < 4.78 is 4.70. The number of carboxylic acid groups (broad SMARTS) is 1. The molecule has 0 aromatic heterocycles. The molecule has 0 heterocycles. The zero-order valence-electron chi connectivity index (χ0n) is 7.74. The van der Waals surface area contributed by atoms with Crippen molar-refractivity contribution in [2.24, 2.45) is 0 Å². The Balaban J connectivity index is 2.62. The van der Waals surface area contributed by atoms with E-state index < -0.39 is 17.6 Å². The first-order valence-corrected chi connectivity index (χ1v) is 4.18. The lowest BCUT2D eigenvalue weighted by Crippen LogP contribution is -2.44. The Morgan fingerprint density at radius 2 is 2.08 bits per heavy atom. The smallest absolute Gasteiger partial charge is 0.410 e. The molecule has 1 rings (SSSR count). The monoisotopic (exact) mass is 187 g/mol. The third-order valence-corrected chi connectivity index (χ3v) is 2.31. The molecule has 5 heteroatoms. The van der Waals surface area contributed by atoms with Crippen molar-refractivity contribution in [3.63, 3.8) is 0 Å². The molecular formula is C8H13NO4. The van der Waals surface area contributed by atoms with Crippen LogP contribution in [0.25, 0.3) is 0 Å². The minimum Gasteiger partial charge on any atom is -0.479 e. The van der Waals surface area contributed by atoms with E-state index in [9.17, 15) is 9.59 Å². The largest absolute Gasteiger partial charge is 0.479 e. The highest BCUT2D eigenvalue weighted by Gasteiger charge is 2.56. The van der Waals surface area contributed by atoms with E-state index in [1.165, 1.54) is 11.9 Å². The second-order valence-corrected chi connectivity index (χ2v) is 3.09. The number of nitrogens with zero attached hydrogens (tertiary/aromatic N) is 1. The summed E-state index contributed by atoms with van der Waals surface area (Å²) in [5.74, 6) is -0.956. The van der Waals surface area contributed by atoms with E-state index in [-0.39, 0.29) is 6.61 Å². The minimum atomic E-state index is -0.994. The van der Waals surface area contributed by atoms with E-state index in [1.807, 2.05) is 0 Å². The highest BCUT2D eigenvalue weighted by Crippen LogP contribution is 2.41. The van der Waals surface area contributed by atoms with E-state index in [0.717, 1.165) is 0 Å². The number of ether oxygens (including phenoxy) is 1. The SMILES string of the molecule is CCOC(=O)N(C)C1(C(=O)O)CC1. The average Bonchev–Trinajstić information content (AvgIpc) is 2.83. The van der Waals surface area contributed by atoms with E-state index in [2.05, 4.69) is 0 Å². The Bertz CT molecular complexity index is 234. The predicted molar refractivity (Wildman–Crippen MR) is 44.4 cm³/mol. The number of rotatable bonds is 3. The maximum Gasteiger partial charge on any atom is 0.410 e. The Morgan fingerprint density at radius 1 is 1.54 bits per heavy atom. The molecule has 0 radical (unpaired) electrons. The molecule has 13 heavy (non-hydrogen) atoms. The molecular weight excluding hydrogens is 174 g/mol. The van der Waals surface area contributed by atoms with Crippen molar-refractivity contribution in [1.82, 2.24) is 4.90 Å². The van der Waals surface area contributed by atoms with Gasteiger partial charge in [-0.2, -0.15) is 0 Å². The van der Waals surface area contributed by atoms with Crippen LogP contribution in [0, 0.1) is 0 Å². The van der Waals surface area contributed by atoms with Crippen LogP contribution in [0.4, 0.5) is 4.79 Å². The van der Waals surface area contributed by atoms with Crippen LogP contribution in [0.2, 0.25) is 0 Å². The standard InChI is InChI=1S/C8H13NO4/c1-3-13-7(12)9(2)8(4-5-8)6(10)11/h3-5H2,1-2H3,(H,10,11). The van der Waals surface area contributed by atoms with Crippen molar-refractivity contribution in [2.45, 2.75) is 25.3 Å². The van der Waals surface area contributed by atoms with Gasteiger partial charge in [0.2, 0.25) is 0 Å². The van der Waals surface area contributed by atoms with Gasteiger partial charge < -0.3 is 9.84 Å². The Kier molecular flexibility index (Phi) is 2.45. The highest BCUT2D eigenvalue weighted by molar-refractivity contribution is 5.87. The van der Waals surface area contributed by atoms with Crippen molar-refractivity contribution in [3.8, 4) is 0 Å². The van der Waals surface area contributed by atoms with Crippen molar-refractivity contribution in [3.05, 3.63) is 0 Å². The van der Waals surface area contributed by atoms with Gasteiger partial charge in [-0.3, -0.25) is 4.90 Å². The van der Waals surface area contributed by atoms with Crippen molar-refractivity contribution >= 4 is 12.1 Å². The quantitative estimate of drug-likeness (QED) is 0.706. The van der Waals surface area contributed by atoms with Gasteiger partial charge in [-0.05, 0) is 19.8 Å². The highest BCUT2D eigenvalue weighted by atomic mass is 16.6. The first-order chi connectivity index (χ1) is 6.04. The fraction of sp³-hybridized carbons (Fsp3) is 0.750. The number of likely N-dealkylation sites (N-methyl/N-ethyl adjacent to an activating group) is 1. The summed E-state index contributed by atoms with van der Waals surface area (Å²) in [5, 5.41) is 8.84. The van der Waals surface area contributed by atoms with Crippen molar-refractivity contribution < 1.29 is 19.4 Å². The van der Waals surface area contributed by atoms with Gasteiger partial charge in [0.25, 0.3) is 0 Å². The molecule has 5 nitrogen and oxygen atoms in total. The molecule has 1 N–H and O–H groups in total. The molecule has 0 bridgehead atoms. The van der Waals surface area contributed by atoms with Crippen LogP contribution in [0.5, 0.6) is 0 Å². The molecule has 0 atom stereocenters. The Morgan fingerprint density at radius 3 is 2.38 bits per heavy atom. The molecule has 1 amide bonds. The molecule has 0 aromatic carbocycles. The zero-order valence-corrected chi connectivity index (χ0v) is 7.74. The Hall–Kier alpha value is -1.26. The van der Waals surface area contributed by atoms with E-state index >= 15 is 0 Å². The first kappa shape index (κ1) is 9.83. The van der Waals surface area contributed by atoms with Gasteiger partial charge in [0.05, 0.1) is 6.61 Å². The van der Waals surface area contributed by atoms with Gasteiger partial charge in [0.1, 0.15) is 5.54 Å². The van der Waals surface area contributed by atoms with Crippen LogP contribution in [0.1, 0.15) is 19.8 Å². The summed E-state index contributed by atoms with van der Waals surface area (Å²) in [7, 11) is 1.46. The third-order valence-electron chi connectivity index (χ3n) is 2.31. The number of aliphatic carboxylic acids is 1. The van der Waals surface area contributed by atoms with Gasteiger partial charge in [-0.25, -0.2) is 9.59 Å². The Labute approximate surface area is 76.3 Å². The van der Waals surface area contributed by atoms with Gasteiger partial charge in [0.15, 0.2) is 0 Å². The van der Waals surface area contributed by atoms with E-state index in [4.69, 9.17) is 9.84 Å². The van der Waals surface area contributed by atoms with E-state index in [1.54, 1.807) is 6.92 Å². The van der Waals surface area contributed by atoms with Gasteiger partial charge >= 0.3 is 12.1 Å². The summed E-state index contributed by atoms with van der Waals surface area (Å²) in [5.41, 5.74) is -0.994. The molecule has 0 saturated heterocycles. The van der Waals surface area contributed by atoms with Crippen LogP contribution in [-0.2, 0) is 9.53 Å². The second kappa shape index (κ2) is 3.24. The number of carbonyl (C=O) groups excluding carboxylic acids is 1. The van der Waals surface area contributed by atoms with Gasteiger partial charge in [-0.15, -0.1) is 0 Å². The second-order valence-electron chi connectivity index (χ2n) is 3.09. The minimum absolute atomic E-state index is 0.263. The fourth-order valence-corrected chi connectivity index (χ4v) is 1.21. The maximum atomic E-state index is 11.2. The number of carboxylic acids is 1. The lowest BCUT2D eigenvalue weighted by Gasteiger charge is -2.23. The van der Waals surface area contributed by atoms with Crippen LogP contribution in [0.15, 0.2) is 0 Å². The van der Waals surface area contributed by atoms with Crippen LogP contribution in [-0.4, -0.2) is 41.3 Å². The summed E-state index contributed by atoms with van der Waals surface area (Å²) >= 11 is 0. The molecule has 1 aliphatic rings. The molecule has 0 aromatic rings. The topological polar surface area (TPSA) is 66.8 Å². The maximum absolute atomic E-state index is 11.2. The summed E-state index contributed by atoms with van der Waals surface area (Å²) in [6.45, 7) is 1.95. The van der Waals surface area contributed by atoms with Gasteiger partial charge in [-0.1, -0.05) is 0 Å². The third kappa shape index (κ3) is 1.59. The molecule has 0 spiro atoms. The van der Waals surface area contributed by atoms with Crippen LogP contribution >= 0.6 is 0 Å². The number of hydrogen-bond donors (Lipinski definition) is 1. The van der Waals surface area contributed by atoms with Crippen molar-refractivity contribution in [2.75, 3.05) is 13.7 Å². The number of hydrogen-bond acceptors (Lipinski definition) is 3. The number of carbonyl (C=O) groups is 2. The lowest BCUT2D eigenvalue weighted by atomic mass is 10.2. The lowest BCUT2D eigenvalue weighted by molar-refractivity contribution is -0.143. The van der Waals surface area contributed by atoms with Gasteiger partial charge in [0, 0.05) is 7.05 Å². The first-order valence-electron chi connectivity index (χ1n) is 4.18. The number of amides is 1. The summed E-state index contributed by atoms with van der Waals surface area (Å²) in [6.07, 6.45) is 0.456. The molecule has 1 fully saturated rings. The van der Waals surface area contributed by atoms with Crippen LogP contribution in [0.3, 0.4) is 0 Å². The normalized spacial score (nSPS) is 17.7. The summed E-state index contributed by atoms with van der Waals surface area (Å²) in [6, 6.07) is 0. The molecule has 74 valence electrons. The molecule has 0 aliphatic heterocycles. The molecule has 1 aliphatic carbocycles. The van der Waals surface area contributed by atoms with E-state index in [0.29, 0.717) is 12.8 Å². The fourth-order valence-electron chi connectivity index (χ4n) is 1.21.